The zero-order valence-corrected chi connectivity index (χ0v) is 22.2. The number of aromatic nitrogens is 1. The van der Waals surface area contributed by atoms with E-state index < -0.39 is 0 Å². The lowest BCUT2D eigenvalue weighted by atomic mass is 10.0. The number of pyridine rings is 1. The summed E-state index contributed by atoms with van der Waals surface area (Å²) < 4.78 is 8.32. The van der Waals surface area contributed by atoms with E-state index in [9.17, 15) is 9.59 Å². The fourth-order valence-corrected chi connectivity index (χ4v) is 6.06. The maximum absolute atomic E-state index is 13.8. The van der Waals surface area contributed by atoms with Gasteiger partial charge in [-0.15, -0.1) is 0 Å². The quantitative estimate of drug-likeness (QED) is 0.417. The Balaban J connectivity index is 1.88. The Morgan fingerprint density at radius 2 is 1.85 bits per heavy atom. The van der Waals surface area contributed by atoms with Crippen LogP contribution >= 0.6 is 24.0 Å². The van der Waals surface area contributed by atoms with Crippen molar-refractivity contribution in [3.63, 3.8) is 0 Å². The van der Waals surface area contributed by atoms with Crippen LogP contribution in [0.2, 0.25) is 0 Å². The molecule has 0 bridgehead atoms. The van der Waals surface area contributed by atoms with Crippen molar-refractivity contribution in [1.82, 2.24) is 9.47 Å². The highest BCUT2D eigenvalue weighted by Crippen LogP contribution is 2.37. The van der Waals surface area contributed by atoms with E-state index in [1.807, 2.05) is 25.1 Å². The summed E-state index contributed by atoms with van der Waals surface area (Å²) in [5.74, 6) is 0.365. The number of thioether (sulfide) groups is 1. The zero-order valence-electron chi connectivity index (χ0n) is 20.5. The number of aryl methyl sites for hydroxylation is 1. The summed E-state index contributed by atoms with van der Waals surface area (Å²) >= 11 is 6.82. The van der Waals surface area contributed by atoms with Crippen molar-refractivity contribution >= 4 is 56.9 Å². The van der Waals surface area contributed by atoms with Gasteiger partial charge in [0.15, 0.2) is 0 Å². The fraction of sp³-hybridized carbons (Fsp3) is 0.500. The van der Waals surface area contributed by atoms with E-state index in [-0.39, 0.29) is 23.7 Å². The molecule has 0 radical (unpaired) electrons. The Hall–Kier alpha value is -2.16. The Kier molecular flexibility index (Phi) is 7.50. The third-order valence-corrected chi connectivity index (χ3v) is 7.69. The van der Waals surface area contributed by atoms with Crippen LogP contribution < -0.4 is 10.5 Å². The first-order valence-corrected chi connectivity index (χ1v) is 13.2. The molecule has 2 unspecified atom stereocenters. The van der Waals surface area contributed by atoms with E-state index in [0.717, 1.165) is 23.0 Å². The molecular weight excluding hydrogens is 466 g/mol. The molecule has 4 rings (SSSR count). The Morgan fingerprint density at radius 3 is 2.50 bits per heavy atom. The highest BCUT2D eigenvalue weighted by atomic mass is 32.2. The number of hydrogen-bond donors (Lipinski definition) is 0. The van der Waals surface area contributed by atoms with E-state index in [1.165, 1.54) is 11.8 Å². The molecule has 2 fully saturated rings. The molecule has 1 aromatic heterocycles. The molecule has 2 atom stereocenters. The Bertz CT molecular complexity index is 1190. The first-order chi connectivity index (χ1) is 16.2. The summed E-state index contributed by atoms with van der Waals surface area (Å²) in [7, 11) is 0. The summed E-state index contributed by atoms with van der Waals surface area (Å²) in [6.45, 7) is 12.9. The first kappa shape index (κ1) is 24.9. The molecule has 2 aliphatic heterocycles. The van der Waals surface area contributed by atoms with E-state index in [0.29, 0.717) is 46.9 Å². The summed E-state index contributed by atoms with van der Waals surface area (Å²) in [6, 6.07) is 8.01. The van der Waals surface area contributed by atoms with E-state index in [4.69, 9.17) is 17.0 Å². The maximum atomic E-state index is 13.8. The van der Waals surface area contributed by atoms with Gasteiger partial charge in [0.1, 0.15) is 4.32 Å². The summed E-state index contributed by atoms with van der Waals surface area (Å²) in [4.78, 5) is 31.5. The van der Waals surface area contributed by atoms with Crippen LogP contribution in [-0.2, 0) is 16.1 Å². The normalized spacial score (nSPS) is 22.6. The molecule has 34 heavy (non-hydrogen) atoms. The molecule has 2 aliphatic rings. The van der Waals surface area contributed by atoms with E-state index >= 15 is 0 Å². The number of nitrogens with zero attached hydrogens (tertiary/aromatic N) is 3. The topological polar surface area (TPSA) is 54.8 Å². The van der Waals surface area contributed by atoms with Crippen LogP contribution in [0.1, 0.15) is 46.6 Å². The number of thiocarbonyl (C=S) groups is 1. The van der Waals surface area contributed by atoms with Gasteiger partial charge < -0.3 is 14.2 Å². The lowest BCUT2D eigenvalue weighted by Crippen LogP contribution is -2.46. The number of benzene rings is 1. The highest BCUT2D eigenvalue weighted by Gasteiger charge is 2.33. The number of para-hydroxylation sites is 1. The smallest absolute Gasteiger partial charge is 0.266 e. The SMILES string of the molecule is CCn1c(=O)c(C=C2SC(=S)N(CCC(C)C)C2=O)c(N2CC(C)OC(C)C2)c2ccccc21. The number of hydrogen-bond acceptors (Lipinski definition) is 6. The van der Waals surface area contributed by atoms with Crippen LogP contribution in [0.15, 0.2) is 34.0 Å². The lowest BCUT2D eigenvalue weighted by Gasteiger charge is -2.38. The van der Waals surface area contributed by atoms with Crippen LogP contribution in [0.4, 0.5) is 5.69 Å². The molecule has 182 valence electrons. The van der Waals surface area contributed by atoms with Crippen LogP contribution in [0, 0.1) is 5.92 Å². The monoisotopic (exact) mass is 499 g/mol. The first-order valence-electron chi connectivity index (χ1n) is 12.0. The third-order valence-electron chi connectivity index (χ3n) is 6.31. The van der Waals surface area contributed by atoms with Crippen molar-refractivity contribution in [2.24, 2.45) is 5.92 Å². The molecule has 6 nitrogen and oxygen atoms in total. The van der Waals surface area contributed by atoms with Gasteiger partial charge in [-0.1, -0.05) is 56.0 Å². The van der Waals surface area contributed by atoms with E-state index in [1.54, 1.807) is 15.5 Å². The fourth-order valence-electron chi connectivity index (χ4n) is 4.77. The molecule has 8 heteroatoms. The van der Waals surface area contributed by atoms with Gasteiger partial charge >= 0.3 is 0 Å². The molecular formula is C26H33N3O3S2. The number of morpholine rings is 1. The molecule has 0 aliphatic carbocycles. The summed E-state index contributed by atoms with van der Waals surface area (Å²) in [5.41, 5.74) is 2.24. The van der Waals surface area contributed by atoms with Crippen LogP contribution in [0.25, 0.3) is 17.0 Å². The molecule has 3 heterocycles. The standard InChI is InChI=1S/C26H33N3O3S2/c1-6-28-21-10-8-7-9-19(21)23(27-14-17(4)32-18(5)15-27)20(24(28)30)13-22-25(31)29(26(33)34-22)12-11-16(2)3/h7-10,13,16-18H,6,11-12,14-15H2,1-5H3. The van der Waals surface area contributed by atoms with Crippen molar-refractivity contribution in [3.8, 4) is 0 Å². The van der Waals surface area contributed by atoms with Gasteiger partial charge in [-0.25, -0.2) is 0 Å². The van der Waals surface area contributed by atoms with Gasteiger partial charge in [0.2, 0.25) is 0 Å². The van der Waals surface area contributed by atoms with Gasteiger partial charge in [0.05, 0.1) is 33.9 Å². The van der Waals surface area contributed by atoms with Crippen molar-refractivity contribution < 1.29 is 9.53 Å². The van der Waals surface area contributed by atoms with Gasteiger partial charge in [-0.3, -0.25) is 14.5 Å². The molecule has 2 aromatic rings. The maximum Gasteiger partial charge on any atom is 0.266 e. The number of amides is 1. The predicted octanol–water partition coefficient (Wildman–Crippen LogP) is 4.88. The van der Waals surface area contributed by atoms with Crippen molar-refractivity contribution in [3.05, 3.63) is 45.1 Å². The minimum Gasteiger partial charge on any atom is -0.372 e. The second-order valence-electron chi connectivity index (χ2n) is 9.51. The van der Waals surface area contributed by atoms with Crippen LogP contribution in [0.5, 0.6) is 0 Å². The molecule has 1 amide bonds. The summed E-state index contributed by atoms with van der Waals surface area (Å²) in [5, 5.41) is 1.01. The van der Waals surface area contributed by atoms with Gasteiger partial charge in [0, 0.05) is 31.6 Å². The average Bonchev–Trinajstić information content (AvgIpc) is 3.04. The largest absolute Gasteiger partial charge is 0.372 e. The molecule has 0 saturated carbocycles. The zero-order chi connectivity index (χ0) is 24.6. The number of ether oxygens (including phenoxy) is 1. The highest BCUT2D eigenvalue weighted by molar-refractivity contribution is 8.26. The minimum atomic E-state index is -0.110. The van der Waals surface area contributed by atoms with Gasteiger partial charge in [0.25, 0.3) is 11.5 Å². The van der Waals surface area contributed by atoms with Crippen molar-refractivity contribution in [1.29, 1.82) is 0 Å². The van der Waals surface area contributed by atoms with Crippen LogP contribution in [-0.4, -0.2) is 51.5 Å². The number of anilines is 1. The van der Waals surface area contributed by atoms with E-state index in [2.05, 4.69) is 38.7 Å². The Morgan fingerprint density at radius 1 is 1.18 bits per heavy atom. The predicted molar refractivity (Wildman–Crippen MR) is 145 cm³/mol. The second-order valence-corrected chi connectivity index (χ2v) is 11.2. The molecule has 0 spiro atoms. The van der Waals surface area contributed by atoms with Gasteiger partial charge in [-0.2, -0.15) is 0 Å². The number of carbonyl (C=O) groups is 1. The van der Waals surface area contributed by atoms with Crippen molar-refractivity contribution in [2.45, 2.75) is 59.8 Å². The van der Waals surface area contributed by atoms with Crippen LogP contribution in [0.3, 0.4) is 0 Å². The molecule has 2 saturated heterocycles. The number of fused-ring (bicyclic) bond motifs is 1. The minimum absolute atomic E-state index is 0.0400. The van der Waals surface area contributed by atoms with Gasteiger partial charge in [-0.05, 0) is 45.3 Å². The second kappa shape index (κ2) is 10.2. The molecule has 0 N–H and O–H groups in total. The Labute approximate surface area is 210 Å². The summed E-state index contributed by atoms with van der Waals surface area (Å²) in [6.07, 6.45) is 2.74. The number of rotatable bonds is 6. The average molecular weight is 500 g/mol. The molecule has 1 aromatic carbocycles. The third kappa shape index (κ3) is 4.81. The lowest BCUT2D eigenvalue weighted by molar-refractivity contribution is -0.122. The number of carbonyl (C=O) groups excluding carboxylic acids is 1. The van der Waals surface area contributed by atoms with Crippen molar-refractivity contribution in [2.75, 3.05) is 24.5 Å².